The van der Waals surface area contributed by atoms with E-state index in [1.165, 1.54) is 23.9 Å². The molecular weight excluding hydrogens is 294 g/mol. The molecule has 0 fully saturated rings. The van der Waals surface area contributed by atoms with Crippen molar-refractivity contribution in [1.29, 1.82) is 0 Å². The van der Waals surface area contributed by atoms with Crippen LogP contribution in [0.25, 0.3) is 0 Å². The largest absolute Gasteiger partial charge is 0.480 e. The predicted octanol–water partition coefficient (Wildman–Crippen LogP) is 2.74. The Morgan fingerprint density at radius 2 is 2.10 bits per heavy atom. The number of aryl methyl sites for hydroxylation is 1. The van der Waals surface area contributed by atoms with Gasteiger partial charge in [-0.3, -0.25) is 9.48 Å². The van der Waals surface area contributed by atoms with Crippen molar-refractivity contribution in [3.05, 3.63) is 46.7 Å². The van der Waals surface area contributed by atoms with E-state index >= 15 is 0 Å². The van der Waals surface area contributed by atoms with Gasteiger partial charge in [0.25, 0.3) is 5.91 Å². The van der Waals surface area contributed by atoms with E-state index in [1.54, 1.807) is 18.2 Å². The van der Waals surface area contributed by atoms with Gasteiger partial charge >= 0.3 is 5.97 Å². The first-order valence-electron chi connectivity index (χ1n) is 6.24. The van der Waals surface area contributed by atoms with E-state index in [-0.39, 0.29) is 5.69 Å². The molecular formula is C14H14ClN3O3. The van der Waals surface area contributed by atoms with Gasteiger partial charge < -0.3 is 10.4 Å². The maximum absolute atomic E-state index is 12.1. The SMILES string of the molecule is Cc1ccc(Cl)cc1NC(=O)c1ccn(C(C)C(=O)O)n1. The van der Waals surface area contributed by atoms with Gasteiger partial charge in [-0.15, -0.1) is 0 Å². The molecule has 0 aliphatic carbocycles. The van der Waals surface area contributed by atoms with E-state index < -0.39 is 17.9 Å². The number of nitrogens with one attached hydrogen (secondary N) is 1. The number of anilines is 1. The fraction of sp³-hybridized carbons (Fsp3) is 0.214. The zero-order valence-electron chi connectivity index (χ0n) is 11.5. The number of hydrogen-bond donors (Lipinski definition) is 2. The van der Waals surface area contributed by atoms with Crippen LogP contribution in [-0.2, 0) is 4.79 Å². The summed E-state index contributed by atoms with van der Waals surface area (Å²) in [4.78, 5) is 23.0. The highest BCUT2D eigenvalue weighted by atomic mass is 35.5. The van der Waals surface area contributed by atoms with E-state index in [9.17, 15) is 9.59 Å². The smallest absolute Gasteiger partial charge is 0.328 e. The average molecular weight is 308 g/mol. The molecule has 110 valence electrons. The van der Waals surface area contributed by atoms with Gasteiger partial charge in [0.2, 0.25) is 0 Å². The van der Waals surface area contributed by atoms with Crippen LogP contribution in [0.4, 0.5) is 5.69 Å². The van der Waals surface area contributed by atoms with Gasteiger partial charge in [0, 0.05) is 16.9 Å². The fourth-order valence-corrected chi connectivity index (χ4v) is 1.88. The van der Waals surface area contributed by atoms with Gasteiger partial charge in [0.05, 0.1) is 0 Å². The fourth-order valence-electron chi connectivity index (χ4n) is 1.70. The molecule has 0 spiro atoms. The lowest BCUT2D eigenvalue weighted by Crippen LogP contribution is -2.18. The normalized spacial score (nSPS) is 12.0. The standard InChI is InChI=1S/C14H14ClN3O3/c1-8-3-4-10(15)7-12(8)16-13(19)11-5-6-18(17-11)9(2)14(20)21/h3-7,9H,1-2H3,(H,16,19)(H,20,21). The van der Waals surface area contributed by atoms with E-state index in [0.29, 0.717) is 10.7 Å². The number of nitrogens with zero attached hydrogens (tertiary/aromatic N) is 2. The van der Waals surface area contributed by atoms with E-state index in [4.69, 9.17) is 16.7 Å². The van der Waals surface area contributed by atoms with Gasteiger partial charge in [0.1, 0.15) is 6.04 Å². The van der Waals surface area contributed by atoms with Crippen molar-refractivity contribution < 1.29 is 14.7 Å². The maximum atomic E-state index is 12.1. The summed E-state index contributed by atoms with van der Waals surface area (Å²) in [6.45, 7) is 3.33. The van der Waals surface area contributed by atoms with Crippen LogP contribution in [0.3, 0.4) is 0 Å². The highest BCUT2D eigenvalue weighted by molar-refractivity contribution is 6.31. The summed E-state index contributed by atoms with van der Waals surface area (Å²) in [6.07, 6.45) is 1.46. The van der Waals surface area contributed by atoms with Crippen LogP contribution in [0.5, 0.6) is 0 Å². The molecule has 0 bridgehead atoms. The molecule has 6 nitrogen and oxygen atoms in total. The van der Waals surface area contributed by atoms with Crippen LogP contribution in [0.2, 0.25) is 5.02 Å². The van der Waals surface area contributed by atoms with Gasteiger partial charge in [-0.05, 0) is 37.6 Å². The molecule has 21 heavy (non-hydrogen) atoms. The van der Waals surface area contributed by atoms with E-state index in [2.05, 4.69) is 10.4 Å². The summed E-state index contributed by atoms with van der Waals surface area (Å²) in [6, 6.07) is 5.80. The zero-order chi connectivity index (χ0) is 15.6. The van der Waals surface area contributed by atoms with Gasteiger partial charge in [-0.1, -0.05) is 17.7 Å². The Balaban J connectivity index is 2.17. The van der Waals surface area contributed by atoms with Crippen LogP contribution in [0.15, 0.2) is 30.5 Å². The van der Waals surface area contributed by atoms with Crippen molar-refractivity contribution in [1.82, 2.24) is 9.78 Å². The molecule has 1 unspecified atom stereocenters. The first kappa shape index (κ1) is 15.1. The van der Waals surface area contributed by atoms with Crippen molar-refractivity contribution >= 4 is 29.2 Å². The van der Waals surface area contributed by atoms with Crippen LogP contribution in [0.1, 0.15) is 29.0 Å². The molecule has 1 amide bonds. The monoisotopic (exact) mass is 307 g/mol. The number of benzene rings is 1. The minimum atomic E-state index is -1.02. The van der Waals surface area contributed by atoms with E-state index in [0.717, 1.165) is 5.56 Å². The van der Waals surface area contributed by atoms with Crippen molar-refractivity contribution in [2.24, 2.45) is 0 Å². The number of aromatic nitrogens is 2. The summed E-state index contributed by atoms with van der Waals surface area (Å²) in [5.74, 6) is -1.44. The van der Waals surface area contributed by atoms with Crippen molar-refractivity contribution in [3.63, 3.8) is 0 Å². The average Bonchev–Trinajstić information content (AvgIpc) is 2.91. The van der Waals surface area contributed by atoms with Crippen LogP contribution >= 0.6 is 11.6 Å². The third-order valence-electron chi connectivity index (χ3n) is 3.04. The zero-order valence-corrected chi connectivity index (χ0v) is 12.3. The molecule has 0 aliphatic heterocycles. The number of aliphatic carboxylic acids is 1. The van der Waals surface area contributed by atoms with Crippen LogP contribution in [-0.4, -0.2) is 26.8 Å². The predicted molar refractivity (Wildman–Crippen MR) is 78.7 cm³/mol. The molecule has 0 saturated carbocycles. The summed E-state index contributed by atoms with van der Waals surface area (Å²) in [7, 11) is 0. The van der Waals surface area contributed by atoms with Crippen LogP contribution in [0, 0.1) is 6.92 Å². The third-order valence-corrected chi connectivity index (χ3v) is 3.28. The van der Waals surface area contributed by atoms with Gasteiger partial charge in [-0.2, -0.15) is 5.10 Å². The Labute approximate surface area is 126 Å². The van der Waals surface area contributed by atoms with Crippen molar-refractivity contribution in [2.75, 3.05) is 5.32 Å². The first-order valence-corrected chi connectivity index (χ1v) is 6.61. The second kappa shape index (κ2) is 5.97. The molecule has 0 aliphatic rings. The van der Waals surface area contributed by atoms with Gasteiger partial charge in [-0.25, -0.2) is 4.79 Å². The molecule has 7 heteroatoms. The maximum Gasteiger partial charge on any atom is 0.328 e. The minimum absolute atomic E-state index is 0.141. The Morgan fingerprint density at radius 1 is 1.38 bits per heavy atom. The topological polar surface area (TPSA) is 84.2 Å². The molecule has 0 radical (unpaired) electrons. The molecule has 2 aromatic rings. The quantitative estimate of drug-likeness (QED) is 0.909. The molecule has 1 aromatic carbocycles. The number of carboxylic acids is 1. The molecule has 0 saturated heterocycles. The van der Waals surface area contributed by atoms with Crippen molar-refractivity contribution in [3.8, 4) is 0 Å². The second-order valence-corrected chi connectivity index (χ2v) is 5.05. The summed E-state index contributed by atoms with van der Waals surface area (Å²) in [5, 5.41) is 16.1. The lowest BCUT2D eigenvalue weighted by atomic mass is 10.2. The second-order valence-electron chi connectivity index (χ2n) is 4.61. The Morgan fingerprint density at radius 3 is 2.76 bits per heavy atom. The number of halogens is 1. The number of carboxylic acid groups (broad SMARTS) is 1. The number of carbonyl (C=O) groups is 2. The van der Waals surface area contributed by atoms with Crippen molar-refractivity contribution in [2.45, 2.75) is 19.9 Å². The highest BCUT2D eigenvalue weighted by Gasteiger charge is 2.17. The first-order chi connectivity index (χ1) is 9.88. The Hall–Kier alpha value is -2.34. The highest BCUT2D eigenvalue weighted by Crippen LogP contribution is 2.20. The lowest BCUT2D eigenvalue weighted by molar-refractivity contribution is -0.140. The number of hydrogen-bond acceptors (Lipinski definition) is 3. The minimum Gasteiger partial charge on any atom is -0.480 e. The molecule has 1 heterocycles. The third kappa shape index (κ3) is 3.41. The molecule has 2 N–H and O–H groups in total. The van der Waals surface area contributed by atoms with E-state index in [1.807, 2.05) is 6.92 Å². The molecule has 1 aromatic heterocycles. The number of rotatable bonds is 4. The number of carbonyl (C=O) groups excluding carboxylic acids is 1. The Kier molecular flexibility index (Phi) is 4.28. The van der Waals surface area contributed by atoms with Crippen LogP contribution < -0.4 is 5.32 Å². The summed E-state index contributed by atoms with van der Waals surface area (Å²) in [5.41, 5.74) is 1.60. The summed E-state index contributed by atoms with van der Waals surface area (Å²) >= 11 is 5.89. The molecule has 2 rings (SSSR count). The molecule has 1 atom stereocenters. The van der Waals surface area contributed by atoms with Gasteiger partial charge in [0.15, 0.2) is 5.69 Å². The lowest BCUT2D eigenvalue weighted by Gasteiger charge is -2.08. The number of amides is 1. The Bertz CT molecular complexity index is 697. The summed E-state index contributed by atoms with van der Waals surface area (Å²) < 4.78 is 1.22.